The number of carbonyl (C=O) groups is 1. The molecule has 0 aliphatic carbocycles. The molecule has 0 bridgehead atoms. The number of hydrazone groups is 1. The third-order valence-corrected chi connectivity index (χ3v) is 6.14. The Hall–Kier alpha value is -2.53. The van der Waals surface area contributed by atoms with Crippen LogP contribution >= 0.6 is 11.6 Å². The fraction of sp³-hybridized carbons (Fsp3) is 0.417. The molecule has 1 atom stereocenters. The van der Waals surface area contributed by atoms with Crippen molar-refractivity contribution in [2.75, 3.05) is 30.4 Å². The molecular formula is C24H31ClN4O. The van der Waals surface area contributed by atoms with Gasteiger partial charge in [0.2, 0.25) is 0 Å². The van der Waals surface area contributed by atoms with Gasteiger partial charge < -0.3 is 9.80 Å². The van der Waals surface area contributed by atoms with Gasteiger partial charge in [-0.15, -0.1) is 0 Å². The van der Waals surface area contributed by atoms with Crippen LogP contribution in [0.1, 0.15) is 61.5 Å². The van der Waals surface area contributed by atoms with Crippen LogP contribution in [0.4, 0.5) is 11.4 Å². The first-order valence-corrected chi connectivity index (χ1v) is 10.7. The SMILES string of the molecule is CCN1c2cc(Cl)c(/C=N\NC(=O)c3cccc(N(C)C)c3)cc2C(C)CC1(C)C. The van der Waals surface area contributed by atoms with E-state index in [1.807, 2.05) is 43.3 Å². The third-order valence-electron chi connectivity index (χ3n) is 5.81. The molecule has 1 aliphatic rings. The van der Waals surface area contributed by atoms with Crippen LogP contribution in [0.5, 0.6) is 0 Å². The molecule has 1 amide bonds. The number of nitrogens with one attached hydrogen (secondary N) is 1. The van der Waals surface area contributed by atoms with Crippen LogP contribution < -0.4 is 15.2 Å². The molecule has 0 saturated carbocycles. The average molecular weight is 427 g/mol. The summed E-state index contributed by atoms with van der Waals surface area (Å²) in [6.07, 6.45) is 2.70. The molecule has 2 aromatic rings. The zero-order valence-corrected chi connectivity index (χ0v) is 19.4. The standard InChI is InChI=1S/C24H31ClN4O/c1-7-29-22-13-21(25)18(12-20(22)16(2)14-24(29,3)4)15-26-27-23(30)17-9-8-10-19(11-17)28(5)6/h8-13,15-16H,7,14H2,1-6H3,(H,27,30)/b26-15-. The van der Waals surface area contributed by atoms with Gasteiger partial charge in [0.05, 0.1) is 11.2 Å². The molecule has 2 aromatic carbocycles. The second-order valence-electron chi connectivity index (χ2n) is 8.74. The van der Waals surface area contributed by atoms with E-state index in [1.165, 1.54) is 11.3 Å². The summed E-state index contributed by atoms with van der Waals surface area (Å²) in [6.45, 7) is 9.91. The summed E-state index contributed by atoms with van der Waals surface area (Å²) in [5, 5.41) is 4.79. The molecule has 0 saturated heterocycles. The molecule has 6 heteroatoms. The average Bonchev–Trinajstić information content (AvgIpc) is 2.68. The molecule has 0 spiro atoms. The van der Waals surface area contributed by atoms with Gasteiger partial charge in [0, 0.05) is 48.7 Å². The number of carbonyl (C=O) groups excluding carboxylic acids is 1. The fourth-order valence-corrected chi connectivity index (χ4v) is 4.58. The van der Waals surface area contributed by atoms with E-state index in [9.17, 15) is 4.79 Å². The smallest absolute Gasteiger partial charge is 0.271 e. The molecule has 1 aliphatic heterocycles. The van der Waals surface area contributed by atoms with Gasteiger partial charge >= 0.3 is 0 Å². The summed E-state index contributed by atoms with van der Waals surface area (Å²) >= 11 is 6.58. The number of anilines is 2. The number of halogens is 1. The molecule has 5 nitrogen and oxygen atoms in total. The largest absolute Gasteiger partial charge is 0.378 e. The minimum absolute atomic E-state index is 0.0924. The summed E-state index contributed by atoms with van der Waals surface area (Å²) in [5.74, 6) is 0.168. The predicted molar refractivity (Wildman–Crippen MR) is 127 cm³/mol. The number of benzene rings is 2. The molecule has 1 unspecified atom stereocenters. The van der Waals surface area contributed by atoms with Gasteiger partial charge in [-0.3, -0.25) is 4.79 Å². The number of hydrogen-bond donors (Lipinski definition) is 1. The van der Waals surface area contributed by atoms with Gasteiger partial charge in [-0.05, 0) is 69.0 Å². The van der Waals surface area contributed by atoms with Crippen molar-refractivity contribution in [2.45, 2.75) is 45.6 Å². The summed E-state index contributed by atoms with van der Waals surface area (Å²) in [4.78, 5) is 16.8. The lowest BCUT2D eigenvalue weighted by molar-refractivity contribution is 0.0955. The zero-order chi connectivity index (χ0) is 22.1. The van der Waals surface area contributed by atoms with Gasteiger partial charge in [0.15, 0.2) is 0 Å². The van der Waals surface area contributed by atoms with Gasteiger partial charge in [-0.1, -0.05) is 24.6 Å². The van der Waals surface area contributed by atoms with Gasteiger partial charge in [0.25, 0.3) is 5.91 Å². The van der Waals surface area contributed by atoms with Crippen LogP contribution in [0.3, 0.4) is 0 Å². The highest BCUT2D eigenvalue weighted by Crippen LogP contribution is 2.44. The van der Waals surface area contributed by atoms with E-state index < -0.39 is 0 Å². The molecule has 0 fully saturated rings. The van der Waals surface area contributed by atoms with E-state index >= 15 is 0 Å². The quantitative estimate of drug-likeness (QED) is 0.522. The Labute approximate surface area is 184 Å². The molecular weight excluding hydrogens is 396 g/mol. The monoisotopic (exact) mass is 426 g/mol. The van der Waals surface area contributed by atoms with E-state index in [4.69, 9.17) is 11.6 Å². The normalized spacial score (nSPS) is 17.7. The van der Waals surface area contributed by atoms with Crippen molar-refractivity contribution in [1.29, 1.82) is 0 Å². The lowest BCUT2D eigenvalue weighted by Crippen LogP contribution is -2.48. The van der Waals surface area contributed by atoms with Crippen LogP contribution in [-0.2, 0) is 0 Å². The van der Waals surface area contributed by atoms with E-state index in [1.54, 1.807) is 12.3 Å². The number of nitrogens with zero attached hydrogens (tertiary/aromatic N) is 3. The van der Waals surface area contributed by atoms with E-state index in [-0.39, 0.29) is 11.4 Å². The Kier molecular flexibility index (Phi) is 6.41. The van der Waals surface area contributed by atoms with E-state index in [0.29, 0.717) is 16.5 Å². The first-order valence-electron chi connectivity index (χ1n) is 10.4. The zero-order valence-electron chi connectivity index (χ0n) is 18.7. The summed E-state index contributed by atoms with van der Waals surface area (Å²) < 4.78 is 0. The Morgan fingerprint density at radius 2 is 2.07 bits per heavy atom. The van der Waals surface area contributed by atoms with Crippen molar-refractivity contribution in [3.8, 4) is 0 Å². The minimum atomic E-state index is -0.253. The predicted octanol–water partition coefficient (Wildman–Crippen LogP) is 5.28. The molecule has 160 valence electrons. The van der Waals surface area contributed by atoms with Crippen molar-refractivity contribution >= 4 is 35.1 Å². The van der Waals surface area contributed by atoms with Gasteiger partial charge in [-0.2, -0.15) is 5.10 Å². The van der Waals surface area contributed by atoms with Crippen molar-refractivity contribution in [1.82, 2.24) is 5.43 Å². The Morgan fingerprint density at radius 3 is 2.73 bits per heavy atom. The maximum Gasteiger partial charge on any atom is 0.271 e. The molecule has 0 aromatic heterocycles. The van der Waals surface area contributed by atoms with E-state index in [0.717, 1.165) is 24.2 Å². The second kappa shape index (κ2) is 8.68. The number of fused-ring (bicyclic) bond motifs is 1. The first-order chi connectivity index (χ1) is 14.1. The summed E-state index contributed by atoms with van der Waals surface area (Å²) in [5.41, 5.74) is 7.48. The lowest BCUT2D eigenvalue weighted by Gasteiger charge is -2.47. The van der Waals surface area contributed by atoms with Crippen molar-refractivity contribution < 1.29 is 4.79 Å². The summed E-state index contributed by atoms with van der Waals surface area (Å²) in [7, 11) is 3.88. The minimum Gasteiger partial charge on any atom is -0.378 e. The Morgan fingerprint density at radius 1 is 1.33 bits per heavy atom. The highest BCUT2D eigenvalue weighted by atomic mass is 35.5. The summed E-state index contributed by atoms with van der Waals surface area (Å²) in [6, 6.07) is 11.5. The highest BCUT2D eigenvalue weighted by molar-refractivity contribution is 6.33. The van der Waals surface area contributed by atoms with Gasteiger partial charge in [0.1, 0.15) is 0 Å². The second-order valence-corrected chi connectivity index (χ2v) is 9.15. The van der Waals surface area contributed by atoms with Gasteiger partial charge in [-0.25, -0.2) is 5.43 Å². The number of hydrogen-bond acceptors (Lipinski definition) is 4. The van der Waals surface area contributed by atoms with Crippen molar-refractivity contribution in [3.05, 3.63) is 58.1 Å². The molecule has 3 rings (SSSR count). The molecule has 1 N–H and O–H groups in total. The van der Waals surface area contributed by atoms with Crippen LogP contribution in [0.15, 0.2) is 41.5 Å². The Bertz CT molecular complexity index is 968. The molecule has 1 heterocycles. The fourth-order valence-electron chi connectivity index (χ4n) is 4.37. The third kappa shape index (κ3) is 4.46. The van der Waals surface area contributed by atoms with Crippen molar-refractivity contribution in [2.24, 2.45) is 5.10 Å². The Balaban J connectivity index is 1.81. The van der Waals surface area contributed by atoms with Crippen molar-refractivity contribution in [3.63, 3.8) is 0 Å². The van der Waals surface area contributed by atoms with Crippen LogP contribution in [0.2, 0.25) is 5.02 Å². The maximum absolute atomic E-state index is 12.4. The number of amides is 1. The molecule has 0 radical (unpaired) electrons. The highest BCUT2D eigenvalue weighted by Gasteiger charge is 2.35. The lowest BCUT2D eigenvalue weighted by atomic mass is 9.79. The van der Waals surface area contributed by atoms with Crippen LogP contribution in [0, 0.1) is 0 Å². The topological polar surface area (TPSA) is 47.9 Å². The van der Waals surface area contributed by atoms with Crippen LogP contribution in [-0.4, -0.2) is 38.3 Å². The van der Waals surface area contributed by atoms with Crippen LogP contribution in [0.25, 0.3) is 0 Å². The van der Waals surface area contributed by atoms with E-state index in [2.05, 4.69) is 49.2 Å². The molecule has 30 heavy (non-hydrogen) atoms. The number of rotatable bonds is 5. The maximum atomic E-state index is 12.4. The first kappa shape index (κ1) is 22.2.